The average molecular weight is 689 g/mol. The Morgan fingerprint density at radius 1 is 0.744 bits per heavy atom. The Bertz CT molecular complexity index is 1350. The topological polar surface area (TPSA) is 73.6 Å². The van der Waals surface area contributed by atoms with Crippen molar-refractivity contribution < 1.29 is 27.4 Å². The van der Waals surface area contributed by atoms with E-state index in [0.29, 0.717) is 23.4 Å². The van der Waals surface area contributed by atoms with Gasteiger partial charge in [0.1, 0.15) is 24.7 Å². The van der Waals surface area contributed by atoms with E-state index in [4.69, 9.17) is 15.2 Å². The molecule has 11 heteroatoms. The summed E-state index contributed by atoms with van der Waals surface area (Å²) in [6.45, 7) is 0.886. The van der Waals surface area contributed by atoms with E-state index in [-0.39, 0.29) is 18.1 Å². The first kappa shape index (κ1) is 32.0. The van der Waals surface area contributed by atoms with Crippen molar-refractivity contribution in [1.82, 2.24) is 0 Å². The van der Waals surface area contributed by atoms with Crippen molar-refractivity contribution >= 4 is 61.5 Å². The zero-order valence-corrected chi connectivity index (χ0v) is 24.2. The van der Waals surface area contributed by atoms with Crippen molar-refractivity contribution in [3.8, 4) is 11.5 Å². The average Bonchev–Trinajstić information content (AvgIpc) is 2.89. The normalized spacial score (nSPS) is 10.4. The molecule has 1 amide bonds. The number of halogens is 6. The van der Waals surface area contributed by atoms with Gasteiger partial charge in [-0.2, -0.15) is 13.2 Å². The molecule has 0 saturated heterocycles. The van der Waals surface area contributed by atoms with Gasteiger partial charge in [-0.1, -0.05) is 60.7 Å². The largest absolute Gasteiger partial charge is 0.488 e. The smallest absolute Gasteiger partial charge is 0.471 e. The highest BCUT2D eigenvalue weighted by atomic mass is 79.9. The molecule has 4 aromatic carbocycles. The van der Waals surface area contributed by atoms with Crippen LogP contribution >= 0.6 is 44.3 Å². The highest BCUT2D eigenvalue weighted by molar-refractivity contribution is 9.11. The summed E-state index contributed by atoms with van der Waals surface area (Å²) >= 11 is 6.62. The Labute approximate surface area is 247 Å². The zero-order valence-electron chi connectivity index (χ0n) is 20.3. The minimum Gasteiger partial charge on any atom is -0.488 e. The molecule has 5 nitrogen and oxygen atoms in total. The SMILES string of the molecule is Cl.Nc1ccc(OCc2ccccc2)c(Br)c1.O=C(Nc1ccc(OCc2ccccc2)c(Br)c1)C(F)(F)F. The van der Waals surface area contributed by atoms with Crippen molar-refractivity contribution in [3.63, 3.8) is 0 Å². The van der Waals surface area contributed by atoms with Crippen molar-refractivity contribution in [2.45, 2.75) is 19.4 Å². The molecule has 206 valence electrons. The number of amides is 1. The number of hydrogen-bond acceptors (Lipinski definition) is 4. The van der Waals surface area contributed by atoms with Crippen molar-refractivity contribution in [1.29, 1.82) is 0 Å². The van der Waals surface area contributed by atoms with Crippen LogP contribution in [0.5, 0.6) is 11.5 Å². The number of carbonyl (C=O) groups excluding carboxylic acids is 1. The van der Waals surface area contributed by atoms with Crippen LogP contribution in [0.25, 0.3) is 0 Å². The van der Waals surface area contributed by atoms with Gasteiger partial charge in [0, 0.05) is 11.4 Å². The summed E-state index contributed by atoms with van der Waals surface area (Å²) in [5, 5.41) is 1.77. The molecule has 0 bridgehead atoms. The number of rotatable bonds is 7. The predicted molar refractivity (Wildman–Crippen MR) is 156 cm³/mol. The third-order valence-electron chi connectivity index (χ3n) is 4.88. The Morgan fingerprint density at radius 3 is 1.64 bits per heavy atom. The van der Waals surface area contributed by atoms with Crippen molar-refractivity contribution in [2.75, 3.05) is 11.1 Å². The number of hydrogen-bond donors (Lipinski definition) is 2. The lowest BCUT2D eigenvalue weighted by atomic mass is 10.2. The molecular formula is C28H24Br2ClF3N2O3. The fourth-order valence-electron chi connectivity index (χ4n) is 3.00. The maximum atomic E-state index is 12.2. The van der Waals surface area contributed by atoms with Gasteiger partial charge < -0.3 is 20.5 Å². The number of carbonyl (C=O) groups is 1. The summed E-state index contributed by atoms with van der Waals surface area (Å²) in [5.41, 5.74) is 8.51. The minimum atomic E-state index is -4.92. The molecule has 0 unspecified atom stereocenters. The molecule has 0 aromatic heterocycles. The van der Waals surface area contributed by atoms with Crippen LogP contribution in [-0.4, -0.2) is 12.1 Å². The summed E-state index contributed by atoms with van der Waals surface area (Å²) in [6.07, 6.45) is -4.92. The summed E-state index contributed by atoms with van der Waals surface area (Å²) in [5.74, 6) is -0.746. The van der Waals surface area contributed by atoms with Gasteiger partial charge in [-0.05, 0) is 79.4 Å². The molecule has 3 N–H and O–H groups in total. The number of nitrogen functional groups attached to an aromatic ring is 1. The second kappa shape index (κ2) is 15.4. The van der Waals surface area contributed by atoms with Crippen LogP contribution in [0.3, 0.4) is 0 Å². The quantitative estimate of drug-likeness (QED) is 0.191. The van der Waals surface area contributed by atoms with Gasteiger partial charge >= 0.3 is 12.1 Å². The van der Waals surface area contributed by atoms with E-state index < -0.39 is 12.1 Å². The predicted octanol–water partition coefficient (Wildman–Crippen LogP) is 8.56. The van der Waals surface area contributed by atoms with E-state index in [1.54, 1.807) is 5.32 Å². The third kappa shape index (κ3) is 10.8. The number of nitrogens with two attached hydrogens (primary N) is 1. The minimum absolute atomic E-state index is 0. The van der Waals surface area contributed by atoms with E-state index in [1.807, 2.05) is 78.9 Å². The van der Waals surface area contributed by atoms with Crippen LogP contribution in [0.1, 0.15) is 11.1 Å². The van der Waals surface area contributed by atoms with Gasteiger partial charge in [0.15, 0.2) is 0 Å². The highest BCUT2D eigenvalue weighted by Crippen LogP contribution is 2.30. The van der Waals surface area contributed by atoms with E-state index in [9.17, 15) is 18.0 Å². The van der Waals surface area contributed by atoms with Crippen LogP contribution in [0, 0.1) is 0 Å². The van der Waals surface area contributed by atoms with Crippen LogP contribution in [-0.2, 0) is 18.0 Å². The maximum Gasteiger partial charge on any atom is 0.471 e. The number of ether oxygens (including phenoxy) is 2. The molecule has 4 rings (SSSR count). The van der Waals surface area contributed by atoms with Gasteiger partial charge in [-0.25, -0.2) is 0 Å². The third-order valence-corrected chi connectivity index (χ3v) is 6.12. The Hall–Kier alpha value is -3.21. The summed E-state index contributed by atoms with van der Waals surface area (Å²) < 4.78 is 49.1. The Morgan fingerprint density at radius 2 is 1.21 bits per heavy atom. The molecule has 39 heavy (non-hydrogen) atoms. The van der Waals surface area contributed by atoms with E-state index in [2.05, 4.69) is 31.9 Å². The molecule has 0 aliphatic rings. The number of alkyl halides is 3. The molecule has 0 radical (unpaired) electrons. The van der Waals surface area contributed by atoms with Crippen LogP contribution < -0.4 is 20.5 Å². The molecule has 0 saturated carbocycles. The molecule has 0 spiro atoms. The molecule has 4 aromatic rings. The van der Waals surface area contributed by atoms with E-state index in [1.165, 1.54) is 18.2 Å². The molecule has 0 aliphatic heterocycles. The molecule has 0 fully saturated rings. The first-order valence-corrected chi connectivity index (χ1v) is 12.8. The van der Waals surface area contributed by atoms with Gasteiger partial charge in [0.25, 0.3) is 0 Å². The Kier molecular flexibility index (Phi) is 12.6. The molecule has 0 aliphatic carbocycles. The molecule has 0 heterocycles. The van der Waals surface area contributed by atoms with E-state index >= 15 is 0 Å². The lowest BCUT2D eigenvalue weighted by molar-refractivity contribution is -0.167. The standard InChI is InChI=1S/C15H11BrF3NO2.C13H12BrNO.ClH/c16-12-8-11(20-14(21)15(17,18)19)6-7-13(12)22-9-10-4-2-1-3-5-10;14-12-8-11(15)6-7-13(12)16-9-10-4-2-1-3-5-10;/h1-8H,9H2,(H,20,21);1-8H,9,15H2;1H. The first-order chi connectivity index (χ1) is 18.1. The summed E-state index contributed by atoms with van der Waals surface area (Å²) in [7, 11) is 0. The number of nitrogens with one attached hydrogen (secondary N) is 1. The highest BCUT2D eigenvalue weighted by Gasteiger charge is 2.38. The van der Waals surface area contributed by atoms with Gasteiger partial charge in [-0.15, -0.1) is 12.4 Å². The fraction of sp³-hybridized carbons (Fsp3) is 0.107. The maximum absolute atomic E-state index is 12.2. The van der Waals surface area contributed by atoms with Gasteiger partial charge in [0.05, 0.1) is 8.95 Å². The summed E-state index contributed by atoms with van der Waals surface area (Å²) in [6, 6.07) is 29.2. The number of anilines is 2. The van der Waals surface area contributed by atoms with E-state index in [0.717, 1.165) is 27.0 Å². The van der Waals surface area contributed by atoms with Gasteiger partial charge in [0.2, 0.25) is 0 Å². The number of benzene rings is 4. The van der Waals surface area contributed by atoms with Crippen LogP contribution in [0.2, 0.25) is 0 Å². The lowest BCUT2D eigenvalue weighted by Crippen LogP contribution is -2.29. The Balaban J connectivity index is 0.000000279. The van der Waals surface area contributed by atoms with Crippen molar-refractivity contribution in [3.05, 3.63) is 117 Å². The van der Waals surface area contributed by atoms with Crippen LogP contribution in [0.4, 0.5) is 24.5 Å². The zero-order chi connectivity index (χ0) is 27.5. The van der Waals surface area contributed by atoms with Crippen molar-refractivity contribution in [2.24, 2.45) is 0 Å². The summed E-state index contributed by atoms with van der Waals surface area (Å²) in [4.78, 5) is 10.9. The fourth-order valence-corrected chi connectivity index (χ4v) is 4.01. The molecule has 0 atom stereocenters. The second-order valence-electron chi connectivity index (χ2n) is 7.84. The lowest BCUT2D eigenvalue weighted by Gasteiger charge is -2.11. The first-order valence-electron chi connectivity index (χ1n) is 11.2. The monoisotopic (exact) mass is 686 g/mol. The van der Waals surface area contributed by atoms with Gasteiger partial charge in [-0.3, -0.25) is 4.79 Å². The second-order valence-corrected chi connectivity index (χ2v) is 9.54. The van der Waals surface area contributed by atoms with Crippen LogP contribution in [0.15, 0.2) is 106 Å². The molecular weight excluding hydrogens is 665 g/mol.